The number of imidazole rings is 1. The van der Waals surface area contributed by atoms with Crippen molar-refractivity contribution in [3.8, 4) is 17.1 Å². The summed E-state index contributed by atoms with van der Waals surface area (Å²) in [6.07, 6.45) is 6.84. The van der Waals surface area contributed by atoms with E-state index in [1.165, 1.54) is 0 Å². The molecule has 4 rings (SSSR count). The first kappa shape index (κ1) is 13.5. The Balaban J connectivity index is 1.75. The van der Waals surface area contributed by atoms with Gasteiger partial charge in [0.05, 0.1) is 6.54 Å². The minimum absolute atomic E-state index is 0.304. The van der Waals surface area contributed by atoms with Crippen molar-refractivity contribution in [2.45, 2.75) is 0 Å². The lowest BCUT2D eigenvalue weighted by molar-refractivity contribution is 0.181. The molecule has 0 spiro atoms. The number of aromatic nitrogens is 3. The quantitative estimate of drug-likeness (QED) is 0.746. The minimum Gasteiger partial charge on any atom is -0.447 e. The number of benzene rings is 1. The molecular formula is C17H14N4O2. The van der Waals surface area contributed by atoms with Gasteiger partial charge in [0.1, 0.15) is 12.4 Å². The maximum absolute atomic E-state index is 11.7. The third-order valence-electron chi connectivity index (χ3n) is 3.76. The second-order valence-electron chi connectivity index (χ2n) is 5.14. The number of cyclic esters (lactones) is 1. The lowest BCUT2D eigenvalue weighted by Gasteiger charge is -2.15. The van der Waals surface area contributed by atoms with E-state index in [9.17, 15) is 4.79 Å². The van der Waals surface area contributed by atoms with Gasteiger partial charge in [0, 0.05) is 41.7 Å². The molecule has 0 aliphatic carbocycles. The lowest BCUT2D eigenvalue weighted by Crippen LogP contribution is -2.23. The van der Waals surface area contributed by atoms with Crippen molar-refractivity contribution >= 4 is 11.8 Å². The molecule has 1 fully saturated rings. The summed E-state index contributed by atoms with van der Waals surface area (Å²) in [6, 6.07) is 11.6. The largest absolute Gasteiger partial charge is 0.447 e. The zero-order valence-electron chi connectivity index (χ0n) is 12.3. The normalized spacial score (nSPS) is 14.1. The summed E-state index contributed by atoms with van der Waals surface area (Å²) in [7, 11) is 0. The summed E-state index contributed by atoms with van der Waals surface area (Å²) in [5, 5.41) is 0. The van der Waals surface area contributed by atoms with E-state index in [0.717, 1.165) is 22.8 Å². The van der Waals surface area contributed by atoms with Gasteiger partial charge in [-0.15, -0.1) is 0 Å². The third-order valence-corrected chi connectivity index (χ3v) is 3.76. The maximum Gasteiger partial charge on any atom is 0.414 e. The smallest absolute Gasteiger partial charge is 0.414 e. The van der Waals surface area contributed by atoms with Gasteiger partial charge in [-0.25, -0.2) is 9.78 Å². The topological polar surface area (TPSA) is 60.2 Å². The van der Waals surface area contributed by atoms with Crippen LogP contribution in [0, 0.1) is 0 Å². The van der Waals surface area contributed by atoms with Crippen LogP contribution in [0.25, 0.3) is 17.1 Å². The molecule has 0 N–H and O–H groups in total. The molecule has 23 heavy (non-hydrogen) atoms. The van der Waals surface area contributed by atoms with Crippen LogP contribution in [-0.2, 0) is 4.74 Å². The van der Waals surface area contributed by atoms with Gasteiger partial charge in [0.25, 0.3) is 0 Å². The second kappa shape index (κ2) is 5.57. The fraction of sp³-hybridized carbons (Fsp3) is 0.118. The van der Waals surface area contributed by atoms with E-state index in [1.54, 1.807) is 23.5 Å². The Labute approximate surface area is 133 Å². The summed E-state index contributed by atoms with van der Waals surface area (Å²) in [5.74, 6) is 0.827. The highest BCUT2D eigenvalue weighted by atomic mass is 16.6. The standard InChI is InChI=1S/C17H14N4O2/c22-17-21(10-11-23-17)15-3-1-2-14(12-15)20-9-8-19-16(20)13-4-6-18-7-5-13/h1-9,12H,10-11H2. The van der Waals surface area contributed by atoms with Gasteiger partial charge in [-0.1, -0.05) is 6.07 Å². The molecular weight excluding hydrogens is 292 g/mol. The van der Waals surface area contributed by atoms with Crippen molar-refractivity contribution in [2.24, 2.45) is 0 Å². The van der Waals surface area contributed by atoms with E-state index in [0.29, 0.717) is 13.2 Å². The molecule has 0 unspecified atom stereocenters. The molecule has 1 aromatic carbocycles. The molecule has 3 aromatic rings. The van der Waals surface area contributed by atoms with Gasteiger partial charge in [0.15, 0.2) is 0 Å². The van der Waals surface area contributed by atoms with E-state index in [4.69, 9.17) is 4.74 Å². The fourth-order valence-corrected chi connectivity index (χ4v) is 2.67. The third kappa shape index (κ3) is 2.44. The van der Waals surface area contributed by atoms with Gasteiger partial charge >= 0.3 is 6.09 Å². The highest BCUT2D eigenvalue weighted by Crippen LogP contribution is 2.25. The Kier molecular flexibility index (Phi) is 3.27. The van der Waals surface area contributed by atoms with E-state index in [1.807, 2.05) is 47.2 Å². The van der Waals surface area contributed by atoms with Crippen LogP contribution in [0.2, 0.25) is 0 Å². The summed E-state index contributed by atoms with van der Waals surface area (Å²) in [4.78, 5) is 21.8. The predicted molar refractivity (Wildman–Crippen MR) is 85.5 cm³/mol. The van der Waals surface area contributed by atoms with Crippen LogP contribution in [0.5, 0.6) is 0 Å². The first-order chi connectivity index (χ1) is 11.3. The van der Waals surface area contributed by atoms with Crippen molar-refractivity contribution in [1.82, 2.24) is 14.5 Å². The number of amides is 1. The van der Waals surface area contributed by atoms with Crippen LogP contribution in [0.3, 0.4) is 0 Å². The minimum atomic E-state index is -0.304. The van der Waals surface area contributed by atoms with Crippen molar-refractivity contribution in [2.75, 3.05) is 18.1 Å². The Morgan fingerprint density at radius 3 is 2.65 bits per heavy atom. The summed E-state index contributed by atoms with van der Waals surface area (Å²) >= 11 is 0. The number of rotatable bonds is 3. The SMILES string of the molecule is O=C1OCCN1c1cccc(-n2ccnc2-c2ccncc2)c1. The summed E-state index contributed by atoms with van der Waals surface area (Å²) < 4.78 is 6.99. The number of pyridine rings is 1. The fourth-order valence-electron chi connectivity index (χ4n) is 2.67. The molecule has 0 saturated carbocycles. The van der Waals surface area contributed by atoms with Crippen molar-refractivity contribution < 1.29 is 9.53 Å². The van der Waals surface area contributed by atoms with Gasteiger partial charge < -0.3 is 4.74 Å². The Hall–Kier alpha value is -3.15. The Bertz CT molecular complexity index is 845. The van der Waals surface area contributed by atoms with E-state index in [-0.39, 0.29) is 6.09 Å². The molecule has 2 aromatic heterocycles. The van der Waals surface area contributed by atoms with E-state index >= 15 is 0 Å². The molecule has 0 bridgehead atoms. The molecule has 6 heteroatoms. The molecule has 1 saturated heterocycles. The van der Waals surface area contributed by atoms with Crippen molar-refractivity contribution in [1.29, 1.82) is 0 Å². The monoisotopic (exact) mass is 306 g/mol. The lowest BCUT2D eigenvalue weighted by atomic mass is 10.2. The molecule has 3 heterocycles. The molecule has 6 nitrogen and oxygen atoms in total. The Morgan fingerprint density at radius 2 is 1.87 bits per heavy atom. The van der Waals surface area contributed by atoms with Crippen LogP contribution in [-0.4, -0.2) is 33.8 Å². The van der Waals surface area contributed by atoms with Crippen LogP contribution >= 0.6 is 0 Å². The number of hydrogen-bond acceptors (Lipinski definition) is 4. The number of carbonyl (C=O) groups is 1. The Morgan fingerprint density at radius 1 is 1.04 bits per heavy atom. The van der Waals surface area contributed by atoms with E-state index < -0.39 is 0 Å². The number of anilines is 1. The molecule has 1 aliphatic heterocycles. The van der Waals surface area contributed by atoms with Crippen LogP contribution in [0.15, 0.2) is 61.2 Å². The summed E-state index contributed by atoms with van der Waals surface area (Å²) in [6.45, 7) is 1.000. The highest BCUT2D eigenvalue weighted by molar-refractivity contribution is 5.89. The first-order valence-electron chi connectivity index (χ1n) is 7.31. The molecule has 0 radical (unpaired) electrons. The average molecular weight is 306 g/mol. The number of hydrogen-bond donors (Lipinski definition) is 0. The molecule has 1 amide bonds. The van der Waals surface area contributed by atoms with Gasteiger partial charge in [-0.05, 0) is 30.3 Å². The highest BCUT2D eigenvalue weighted by Gasteiger charge is 2.23. The van der Waals surface area contributed by atoms with Gasteiger partial charge in [0.2, 0.25) is 0 Å². The van der Waals surface area contributed by atoms with Crippen molar-refractivity contribution in [3.63, 3.8) is 0 Å². The second-order valence-corrected chi connectivity index (χ2v) is 5.14. The average Bonchev–Trinajstić information content (AvgIpc) is 3.25. The number of nitrogens with zero attached hydrogens (tertiary/aromatic N) is 4. The van der Waals surface area contributed by atoms with Crippen LogP contribution in [0.1, 0.15) is 0 Å². The molecule has 0 atom stereocenters. The maximum atomic E-state index is 11.7. The first-order valence-corrected chi connectivity index (χ1v) is 7.31. The molecule has 1 aliphatic rings. The number of carbonyl (C=O) groups excluding carboxylic acids is 1. The predicted octanol–water partition coefficient (Wildman–Crippen LogP) is 2.89. The molecule has 114 valence electrons. The van der Waals surface area contributed by atoms with Crippen LogP contribution < -0.4 is 4.90 Å². The van der Waals surface area contributed by atoms with Gasteiger partial charge in [-0.2, -0.15) is 0 Å². The zero-order valence-corrected chi connectivity index (χ0v) is 12.3. The van der Waals surface area contributed by atoms with E-state index in [2.05, 4.69) is 9.97 Å². The summed E-state index contributed by atoms with van der Waals surface area (Å²) in [5.41, 5.74) is 2.74. The van der Waals surface area contributed by atoms with Crippen molar-refractivity contribution in [3.05, 3.63) is 61.2 Å². The van der Waals surface area contributed by atoms with Gasteiger partial charge in [-0.3, -0.25) is 14.5 Å². The number of ether oxygens (including phenoxy) is 1. The zero-order chi connectivity index (χ0) is 15.6. The van der Waals surface area contributed by atoms with Crippen LogP contribution in [0.4, 0.5) is 10.5 Å².